The van der Waals surface area contributed by atoms with E-state index in [2.05, 4.69) is 55.3 Å². The van der Waals surface area contributed by atoms with Gasteiger partial charge in [0.25, 0.3) is 0 Å². The monoisotopic (exact) mass is 262 g/mol. The lowest BCUT2D eigenvalue weighted by atomic mass is 10.1. The van der Waals surface area contributed by atoms with E-state index in [9.17, 15) is 0 Å². The maximum atomic E-state index is 3.37. The zero-order chi connectivity index (χ0) is 13.9. The van der Waals surface area contributed by atoms with Crippen LogP contribution in [0.15, 0.2) is 24.3 Å². The highest BCUT2D eigenvalue weighted by atomic mass is 15.1. The Balaban J connectivity index is 2.45. The Labute approximate surface area is 119 Å². The summed E-state index contributed by atoms with van der Waals surface area (Å²) in [5, 5.41) is 3.37. The molecule has 1 aromatic rings. The van der Waals surface area contributed by atoms with Crippen molar-refractivity contribution >= 4 is 0 Å². The Morgan fingerprint density at radius 2 is 1.47 bits per heavy atom. The van der Waals surface area contributed by atoms with E-state index in [0.29, 0.717) is 0 Å². The minimum Gasteiger partial charge on any atom is -0.317 e. The molecule has 0 aliphatic rings. The van der Waals surface area contributed by atoms with Crippen LogP contribution in [0.4, 0.5) is 0 Å². The normalized spacial score (nSPS) is 11.2. The van der Waals surface area contributed by atoms with Crippen LogP contribution in [-0.4, -0.2) is 31.1 Å². The van der Waals surface area contributed by atoms with Crippen molar-refractivity contribution in [3.05, 3.63) is 35.4 Å². The third kappa shape index (κ3) is 6.74. The fraction of sp³-hybridized carbons (Fsp3) is 0.647. The average molecular weight is 262 g/mol. The Bertz CT molecular complexity index is 313. The molecule has 0 aromatic heterocycles. The number of hydrogen-bond acceptors (Lipinski definition) is 2. The highest BCUT2D eigenvalue weighted by molar-refractivity contribution is 5.22. The van der Waals surface area contributed by atoms with E-state index < -0.39 is 0 Å². The molecule has 0 fully saturated rings. The van der Waals surface area contributed by atoms with Gasteiger partial charge in [0.1, 0.15) is 0 Å². The molecule has 108 valence electrons. The maximum absolute atomic E-state index is 3.37. The van der Waals surface area contributed by atoms with Crippen molar-refractivity contribution in [1.29, 1.82) is 0 Å². The van der Waals surface area contributed by atoms with Crippen LogP contribution >= 0.6 is 0 Å². The minimum absolute atomic E-state index is 1.06. The second-order valence-electron chi connectivity index (χ2n) is 5.20. The van der Waals surface area contributed by atoms with Crippen molar-refractivity contribution in [2.24, 2.45) is 0 Å². The van der Waals surface area contributed by atoms with Crippen molar-refractivity contribution in [2.75, 3.05) is 26.2 Å². The minimum atomic E-state index is 1.06. The predicted octanol–water partition coefficient (Wildman–Crippen LogP) is 3.46. The summed E-state index contributed by atoms with van der Waals surface area (Å²) in [7, 11) is 0. The molecule has 0 radical (unpaired) electrons. The number of nitrogens with zero attached hydrogens (tertiary/aromatic N) is 1. The molecule has 19 heavy (non-hydrogen) atoms. The second-order valence-corrected chi connectivity index (χ2v) is 5.20. The lowest BCUT2D eigenvalue weighted by molar-refractivity contribution is 0.266. The molecule has 2 nitrogen and oxygen atoms in total. The number of benzene rings is 1. The molecule has 2 heteroatoms. The summed E-state index contributed by atoms with van der Waals surface area (Å²) in [6.45, 7) is 12.3. The summed E-state index contributed by atoms with van der Waals surface area (Å²) < 4.78 is 0. The molecule has 0 aliphatic carbocycles. The smallest absolute Gasteiger partial charge is 0.0233 e. The van der Waals surface area contributed by atoms with Gasteiger partial charge in [-0.05, 0) is 56.6 Å². The van der Waals surface area contributed by atoms with Crippen molar-refractivity contribution in [1.82, 2.24) is 10.2 Å². The van der Waals surface area contributed by atoms with Gasteiger partial charge in [0.2, 0.25) is 0 Å². The van der Waals surface area contributed by atoms with Crippen molar-refractivity contribution < 1.29 is 0 Å². The van der Waals surface area contributed by atoms with Crippen LogP contribution in [-0.2, 0) is 13.0 Å². The standard InChI is InChI=1S/C17H30N2/c1-4-13-19(14-5-2)15-17-9-7-16(8-10-17)11-12-18-6-3/h7-10,18H,4-6,11-15H2,1-3H3. The number of likely N-dealkylation sites (N-methyl/N-ethyl adjacent to an activating group) is 1. The molecule has 1 N–H and O–H groups in total. The molecule has 0 aliphatic heterocycles. The lowest BCUT2D eigenvalue weighted by Gasteiger charge is -2.21. The molecular weight excluding hydrogens is 232 g/mol. The topological polar surface area (TPSA) is 15.3 Å². The van der Waals surface area contributed by atoms with Gasteiger partial charge in [0.05, 0.1) is 0 Å². The van der Waals surface area contributed by atoms with Gasteiger partial charge >= 0.3 is 0 Å². The Kier molecular flexibility index (Phi) is 8.52. The number of rotatable bonds is 10. The van der Waals surface area contributed by atoms with Gasteiger partial charge in [-0.15, -0.1) is 0 Å². The molecule has 0 spiro atoms. The molecule has 0 unspecified atom stereocenters. The summed E-state index contributed by atoms with van der Waals surface area (Å²) in [5.41, 5.74) is 2.87. The number of nitrogens with one attached hydrogen (secondary N) is 1. The molecule has 1 aromatic carbocycles. The van der Waals surface area contributed by atoms with Gasteiger partial charge in [0, 0.05) is 6.54 Å². The largest absolute Gasteiger partial charge is 0.317 e. The van der Waals surface area contributed by atoms with E-state index in [0.717, 1.165) is 26.1 Å². The van der Waals surface area contributed by atoms with E-state index in [-0.39, 0.29) is 0 Å². The maximum Gasteiger partial charge on any atom is 0.0233 e. The van der Waals surface area contributed by atoms with Gasteiger partial charge in [-0.1, -0.05) is 45.0 Å². The van der Waals surface area contributed by atoms with Crippen LogP contribution in [0, 0.1) is 0 Å². The fourth-order valence-electron chi connectivity index (χ4n) is 2.38. The third-order valence-electron chi connectivity index (χ3n) is 3.35. The van der Waals surface area contributed by atoms with E-state index in [1.807, 2.05) is 0 Å². The van der Waals surface area contributed by atoms with Crippen LogP contribution in [0.25, 0.3) is 0 Å². The zero-order valence-corrected chi connectivity index (χ0v) is 12.9. The van der Waals surface area contributed by atoms with Crippen molar-refractivity contribution in [2.45, 2.75) is 46.6 Å². The van der Waals surface area contributed by atoms with Crippen molar-refractivity contribution in [3.8, 4) is 0 Å². The van der Waals surface area contributed by atoms with E-state index in [1.54, 1.807) is 0 Å². The summed E-state index contributed by atoms with van der Waals surface area (Å²) in [6.07, 6.45) is 3.60. The first-order valence-corrected chi connectivity index (χ1v) is 7.81. The van der Waals surface area contributed by atoms with Gasteiger partial charge in [-0.2, -0.15) is 0 Å². The van der Waals surface area contributed by atoms with E-state index >= 15 is 0 Å². The molecule has 0 amide bonds. The Hall–Kier alpha value is -0.860. The highest BCUT2D eigenvalue weighted by Gasteiger charge is 2.03. The Morgan fingerprint density at radius 3 is 2.00 bits per heavy atom. The van der Waals surface area contributed by atoms with Gasteiger partial charge in [0.15, 0.2) is 0 Å². The quantitative estimate of drug-likeness (QED) is 0.650. The van der Waals surface area contributed by atoms with Gasteiger partial charge in [-0.3, -0.25) is 4.90 Å². The molecule has 0 atom stereocenters. The molecular formula is C17H30N2. The van der Waals surface area contributed by atoms with Crippen LogP contribution in [0.5, 0.6) is 0 Å². The summed E-state index contributed by atoms with van der Waals surface area (Å²) >= 11 is 0. The van der Waals surface area contributed by atoms with E-state index in [4.69, 9.17) is 0 Å². The van der Waals surface area contributed by atoms with Crippen LogP contribution in [0.3, 0.4) is 0 Å². The van der Waals surface area contributed by atoms with Gasteiger partial charge < -0.3 is 5.32 Å². The van der Waals surface area contributed by atoms with Crippen LogP contribution in [0.2, 0.25) is 0 Å². The molecule has 0 bridgehead atoms. The molecule has 1 rings (SSSR count). The van der Waals surface area contributed by atoms with Gasteiger partial charge in [-0.25, -0.2) is 0 Å². The fourth-order valence-corrected chi connectivity index (χ4v) is 2.38. The average Bonchev–Trinajstić information content (AvgIpc) is 2.42. The second kappa shape index (κ2) is 9.99. The first kappa shape index (κ1) is 16.2. The predicted molar refractivity (Wildman–Crippen MR) is 84.5 cm³/mol. The summed E-state index contributed by atoms with van der Waals surface area (Å²) in [5.74, 6) is 0. The van der Waals surface area contributed by atoms with Crippen LogP contribution < -0.4 is 5.32 Å². The Morgan fingerprint density at radius 1 is 0.895 bits per heavy atom. The first-order chi connectivity index (χ1) is 9.30. The summed E-state index contributed by atoms with van der Waals surface area (Å²) in [6, 6.07) is 9.14. The number of hydrogen-bond donors (Lipinski definition) is 1. The molecule has 0 heterocycles. The third-order valence-corrected chi connectivity index (χ3v) is 3.35. The molecule has 0 saturated carbocycles. The van der Waals surface area contributed by atoms with E-state index in [1.165, 1.54) is 37.1 Å². The highest BCUT2D eigenvalue weighted by Crippen LogP contribution is 2.09. The first-order valence-electron chi connectivity index (χ1n) is 7.81. The van der Waals surface area contributed by atoms with Crippen LogP contribution in [0.1, 0.15) is 44.7 Å². The molecule has 0 saturated heterocycles. The van der Waals surface area contributed by atoms with Crippen molar-refractivity contribution in [3.63, 3.8) is 0 Å². The summed E-state index contributed by atoms with van der Waals surface area (Å²) in [4.78, 5) is 2.55. The SMILES string of the molecule is CCCN(CCC)Cc1ccc(CCNCC)cc1. The lowest BCUT2D eigenvalue weighted by Crippen LogP contribution is -2.24. The zero-order valence-electron chi connectivity index (χ0n) is 12.9.